The first kappa shape index (κ1) is 18.3. The van der Waals surface area contributed by atoms with Crippen molar-refractivity contribution in [2.75, 3.05) is 6.61 Å². The summed E-state index contributed by atoms with van der Waals surface area (Å²) < 4.78 is 41.0. The van der Waals surface area contributed by atoms with Gasteiger partial charge in [-0.3, -0.25) is 0 Å². The number of alkyl halides is 3. The molecule has 0 aliphatic carbocycles. The fourth-order valence-corrected chi connectivity index (χ4v) is 2.17. The van der Waals surface area contributed by atoms with Gasteiger partial charge in [-0.05, 0) is 35.7 Å². The van der Waals surface area contributed by atoms with Crippen LogP contribution >= 0.6 is 0 Å². The summed E-state index contributed by atoms with van der Waals surface area (Å²) in [5, 5.41) is 12.4. The van der Waals surface area contributed by atoms with Crippen molar-refractivity contribution < 1.29 is 23.0 Å². The maximum atomic E-state index is 12.1. The van der Waals surface area contributed by atoms with Crippen molar-refractivity contribution in [2.45, 2.75) is 32.3 Å². The van der Waals surface area contributed by atoms with Crippen LogP contribution in [0.2, 0.25) is 0 Å². The summed E-state index contributed by atoms with van der Waals surface area (Å²) in [6, 6.07) is 14.2. The third kappa shape index (κ3) is 5.86. The van der Waals surface area contributed by atoms with Crippen molar-refractivity contribution >= 4 is 0 Å². The third-order valence-corrected chi connectivity index (χ3v) is 3.60. The van der Waals surface area contributed by atoms with Gasteiger partial charge in [-0.15, -0.1) is 0 Å². The Morgan fingerprint density at radius 3 is 2.12 bits per heavy atom. The van der Waals surface area contributed by atoms with Crippen molar-refractivity contribution in [3.63, 3.8) is 0 Å². The Hall–Kier alpha value is -2.05. The predicted molar refractivity (Wildman–Crippen MR) is 85.6 cm³/mol. The van der Waals surface area contributed by atoms with E-state index in [0.717, 1.165) is 16.7 Å². The summed E-state index contributed by atoms with van der Waals surface area (Å²) in [5.74, 6) is 0.197. The lowest BCUT2D eigenvalue weighted by molar-refractivity contribution is -0.153. The van der Waals surface area contributed by atoms with Crippen LogP contribution in [-0.4, -0.2) is 17.9 Å². The summed E-state index contributed by atoms with van der Waals surface area (Å²) in [6.07, 6.45) is -4.33. The molecule has 0 saturated carbocycles. The molecule has 0 radical (unpaired) electrons. The van der Waals surface area contributed by atoms with E-state index in [2.05, 4.69) is 5.32 Å². The quantitative estimate of drug-likeness (QED) is 0.802. The number of nitrogens with one attached hydrogen (secondary N) is 1. The molecule has 2 aromatic rings. The van der Waals surface area contributed by atoms with Crippen LogP contribution in [0.15, 0.2) is 48.5 Å². The first-order chi connectivity index (χ1) is 11.4. The molecular weight excluding hydrogens is 319 g/mol. The molecule has 0 bridgehead atoms. The van der Waals surface area contributed by atoms with Crippen LogP contribution in [0.4, 0.5) is 13.2 Å². The molecule has 0 heterocycles. The highest BCUT2D eigenvalue weighted by atomic mass is 19.4. The highest BCUT2D eigenvalue weighted by Crippen LogP contribution is 2.21. The van der Waals surface area contributed by atoms with Crippen LogP contribution in [0.5, 0.6) is 5.75 Å². The first-order valence-electron chi connectivity index (χ1n) is 7.59. The second-order valence-electron chi connectivity index (χ2n) is 5.55. The molecule has 6 heteroatoms. The third-order valence-electron chi connectivity index (χ3n) is 3.60. The van der Waals surface area contributed by atoms with Crippen LogP contribution in [0, 0.1) is 0 Å². The largest absolute Gasteiger partial charge is 0.484 e. The zero-order valence-electron chi connectivity index (χ0n) is 13.3. The molecule has 3 nitrogen and oxygen atoms in total. The topological polar surface area (TPSA) is 41.5 Å². The lowest BCUT2D eigenvalue weighted by Gasteiger charge is -2.15. The van der Waals surface area contributed by atoms with E-state index in [1.807, 2.05) is 31.2 Å². The fraction of sp³-hybridized carbons (Fsp3) is 0.333. The maximum absolute atomic E-state index is 12.1. The van der Waals surface area contributed by atoms with Crippen molar-refractivity contribution in [1.82, 2.24) is 5.32 Å². The molecule has 0 saturated heterocycles. The van der Waals surface area contributed by atoms with Gasteiger partial charge >= 0.3 is 6.18 Å². The molecule has 0 spiro atoms. The molecule has 2 N–H and O–H groups in total. The van der Waals surface area contributed by atoms with E-state index in [0.29, 0.717) is 6.54 Å². The van der Waals surface area contributed by atoms with E-state index in [1.165, 1.54) is 12.1 Å². The Labute approximate surface area is 139 Å². The van der Waals surface area contributed by atoms with Crippen LogP contribution in [0.1, 0.15) is 29.7 Å². The molecule has 2 aromatic carbocycles. The fourth-order valence-electron chi connectivity index (χ4n) is 2.17. The molecule has 24 heavy (non-hydrogen) atoms. The minimum atomic E-state index is -4.33. The van der Waals surface area contributed by atoms with Gasteiger partial charge in [-0.2, -0.15) is 13.2 Å². The Bertz CT molecular complexity index is 624. The van der Waals surface area contributed by atoms with Gasteiger partial charge in [-0.25, -0.2) is 0 Å². The summed E-state index contributed by atoms with van der Waals surface area (Å²) >= 11 is 0. The highest BCUT2D eigenvalue weighted by molar-refractivity contribution is 5.29. The minimum Gasteiger partial charge on any atom is -0.484 e. The zero-order chi connectivity index (χ0) is 17.6. The van der Waals surface area contributed by atoms with Gasteiger partial charge in [0.05, 0.1) is 6.61 Å². The molecule has 2 rings (SSSR count). The number of aliphatic hydroxyl groups is 1. The van der Waals surface area contributed by atoms with Crippen molar-refractivity contribution in [2.24, 2.45) is 0 Å². The number of aliphatic hydroxyl groups excluding tert-OH is 1. The minimum absolute atomic E-state index is 0.0207. The predicted octanol–water partition coefficient (Wildman–Crippen LogP) is 3.97. The first-order valence-corrected chi connectivity index (χ1v) is 7.59. The Morgan fingerprint density at radius 1 is 1.00 bits per heavy atom. The van der Waals surface area contributed by atoms with Crippen molar-refractivity contribution in [1.29, 1.82) is 0 Å². The number of benzene rings is 2. The Kier molecular flexibility index (Phi) is 6.23. The van der Waals surface area contributed by atoms with Crippen molar-refractivity contribution in [3.05, 3.63) is 65.2 Å². The highest BCUT2D eigenvalue weighted by Gasteiger charge is 2.28. The lowest BCUT2D eigenvalue weighted by atomic mass is 10.1. The lowest BCUT2D eigenvalue weighted by Crippen LogP contribution is -2.19. The summed E-state index contributed by atoms with van der Waals surface area (Å²) in [5.41, 5.74) is 2.91. The van der Waals surface area contributed by atoms with Gasteiger partial charge in [0.25, 0.3) is 0 Å². The Balaban J connectivity index is 1.86. The molecule has 130 valence electrons. The number of rotatable bonds is 7. The second-order valence-corrected chi connectivity index (χ2v) is 5.55. The summed E-state index contributed by atoms with van der Waals surface area (Å²) in [6.45, 7) is 1.36. The summed E-state index contributed by atoms with van der Waals surface area (Å²) in [7, 11) is 0. The van der Waals surface area contributed by atoms with Crippen LogP contribution < -0.4 is 10.1 Å². The normalized spacial score (nSPS) is 12.9. The Morgan fingerprint density at radius 2 is 1.58 bits per heavy atom. The van der Waals surface area contributed by atoms with E-state index in [9.17, 15) is 13.2 Å². The summed E-state index contributed by atoms with van der Waals surface area (Å²) in [4.78, 5) is 0. The smallest absolute Gasteiger partial charge is 0.422 e. The number of hydrogen-bond acceptors (Lipinski definition) is 3. The molecule has 0 aliphatic heterocycles. The van der Waals surface area contributed by atoms with E-state index < -0.39 is 12.8 Å². The van der Waals surface area contributed by atoms with Gasteiger partial charge in [0.2, 0.25) is 0 Å². The van der Waals surface area contributed by atoms with Crippen LogP contribution in [0.25, 0.3) is 0 Å². The van der Waals surface area contributed by atoms with E-state index in [-0.39, 0.29) is 18.4 Å². The number of halogens is 3. The molecule has 0 aliphatic rings. The van der Waals surface area contributed by atoms with E-state index >= 15 is 0 Å². The average Bonchev–Trinajstić information content (AvgIpc) is 2.58. The molecule has 0 amide bonds. The zero-order valence-corrected chi connectivity index (χ0v) is 13.3. The van der Waals surface area contributed by atoms with Crippen LogP contribution in [-0.2, 0) is 13.2 Å². The van der Waals surface area contributed by atoms with Crippen molar-refractivity contribution in [3.8, 4) is 5.75 Å². The van der Waals surface area contributed by atoms with Crippen LogP contribution in [0.3, 0.4) is 0 Å². The molecule has 0 aromatic heterocycles. The molecule has 1 atom stereocenters. The number of ether oxygens (including phenoxy) is 1. The second kappa shape index (κ2) is 8.17. The van der Waals surface area contributed by atoms with Gasteiger partial charge in [0.15, 0.2) is 6.61 Å². The van der Waals surface area contributed by atoms with E-state index in [1.54, 1.807) is 12.1 Å². The number of hydrogen-bond donors (Lipinski definition) is 2. The molecule has 1 unspecified atom stereocenters. The molecule has 0 fully saturated rings. The van der Waals surface area contributed by atoms with Gasteiger partial charge in [0.1, 0.15) is 5.75 Å². The average molecular weight is 339 g/mol. The van der Waals surface area contributed by atoms with Gasteiger partial charge < -0.3 is 15.2 Å². The maximum Gasteiger partial charge on any atom is 0.422 e. The monoisotopic (exact) mass is 339 g/mol. The molecular formula is C18H20F3NO2. The SMILES string of the molecule is CC(NCc1ccc(CO)cc1)c1ccc(OCC(F)(F)F)cc1. The van der Waals surface area contributed by atoms with Gasteiger partial charge in [-0.1, -0.05) is 36.4 Å². The standard InChI is InChI=1S/C18H20F3NO2/c1-13(22-10-14-2-4-15(11-23)5-3-14)16-6-8-17(9-7-16)24-12-18(19,20)21/h2-9,13,22-23H,10-12H2,1H3. The van der Waals surface area contributed by atoms with Gasteiger partial charge in [0, 0.05) is 12.6 Å². The van der Waals surface area contributed by atoms with E-state index in [4.69, 9.17) is 9.84 Å².